The molecule has 1 fully saturated rings. The molecule has 0 bridgehead atoms. The molecule has 164 valence electrons. The zero-order chi connectivity index (χ0) is 22.5. The Morgan fingerprint density at radius 1 is 1.29 bits per heavy atom. The number of carbonyl (C=O) groups excluding carboxylic acids is 2. The van der Waals surface area contributed by atoms with E-state index in [0.29, 0.717) is 19.4 Å². The first-order valence-corrected chi connectivity index (χ1v) is 9.91. The van der Waals surface area contributed by atoms with Crippen LogP contribution in [0.2, 0.25) is 0 Å². The van der Waals surface area contributed by atoms with Crippen molar-refractivity contribution in [2.24, 2.45) is 0 Å². The minimum absolute atomic E-state index is 0.0309. The fourth-order valence-corrected chi connectivity index (χ4v) is 4.54. The molecule has 1 aromatic carbocycles. The van der Waals surface area contributed by atoms with Gasteiger partial charge in [0.15, 0.2) is 17.2 Å². The Bertz CT molecular complexity index is 1140. The van der Waals surface area contributed by atoms with Gasteiger partial charge in [-0.15, -0.1) is 0 Å². The summed E-state index contributed by atoms with van der Waals surface area (Å²) in [7, 11) is 3.18. The highest BCUT2D eigenvalue weighted by atomic mass is 19.1. The first-order chi connectivity index (χ1) is 14.7. The standard InChI is InChI=1S/C22H22F2N2O5/c1-25-11-22(8-14(9-22)31-2)26-10-15(19(28)20(29)18(26)21(25)30)17(27)6-4-12-3-5-13(23)7-16(12)24/h3,5,7,10,14,29H,4,6,8-9,11H2,1-2H3. The number of nitrogens with zero attached hydrogens (tertiary/aromatic N) is 2. The normalized spacial score (nSPS) is 22.4. The lowest BCUT2D eigenvalue weighted by Crippen LogP contribution is -2.61. The Balaban J connectivity index is 1.69. The number of benzene rings is 1. The molecule has 1 N–H and O–H groups in total. The first-order valence-electron chi connectivity index (χ1n) is 9.91. The number of fused-ring (bicyclic) bond motifs is 2. The van der Waals surface area contributed by atoms with Crippen LogP contribution in [-0.2, 0) is 16.7 Å². The molecular formula is C22H22F2N2O5. The largest absolute Gasteiger partial charge is 0.503 e. The number of methoxy groups -OCH3 is 1. The van der Waals surface area contributed by atoms with Crippen LogP contribution in [0.15, 0.2) is 29.2 Å². The van der Waals surface area contributed by atoms with Crippen LogP contribution < -0.4 is 5.43 Å². The van der Waals surface area contributed by atoms with Gasteiger partial charge in [-0.25, -0.2) is 8.78 Å². The Morgan fingerprint density at radius 2 is 2.00 bits per heavy atom. The summed E-state index contributed by atoms with van der Waals surface area (Å²) in [6, 6.07) is 3.07. The molecule has 2 heterocycles. The van der Waals surface area contributed by atoms with Crippen LogP contribution in [0.25, 0.3) is 0 Å². The summed E-state index contributed by atoms with van der Waals surface area (Å²) in [5, 5.41) is 10.5. The number of ether oxygens (including phenoxy) is 1. The highest BCUT2D eigenvalue weighted by Gasteiger charge is 2.52. The maximum Gasteiger partial charge on any atom is 0.274 e. The molecule has 2 aliphatic rings. The van der Waals surface area contributed by atoms with Crippen LogP contribution in [-0.4, -0.2) is 53.1 Å². The fraction of sp³-hybridized carbons (Fsp3) is 0.409. The SMILES string of the molecule is COC1CC2(C1)CN(C)C(=O)c1c(O)c(=O)c(C(=O)CCc3ccc(F)cc3F)cn12. The predicted molar refractivity (Wildman–Crippen MR) is 106 cm³/mol. The van der Waals surface area contributed by atoms with Gasteiger partial charge in [-0.05, 0) is 30.9 Å². The van der Waals surface area contributed by atoms with Crippen LogP contribution in [0.5, 0.6) is 5.75 Å². The molecule has 4 rings (SSSR count). The molecule has 7 nitrogen and oxygen atoms in total. The van der Waals surface area contributed by atoms with Crippen molar-refractivity contribution in [3.8, 4) is 5.75 Å². The number of halogens is 2. The number of amides is 1. The smallest absolute Gasteiger partial charge is 0.274 e. The third-order valence-corrected chi connectivity index (χ3v) is 6.26. The minimum atomic E-state index is -0.933. The molecule has 1 aliphatic carbocycles. The first kappa shape index (κ1) is 21.2. The fourth-order valence-electron chi connectivity index (χ4n) is 4.54. The molecule has 31 heavy (non-hydrogen) atoms. The number of pyridine rings is 1. The van der Waals surface area contributed by atoms with Gasteiger partial charge in [-0.1, -0.05) is 6.07 Å². The Labute approximate surface area is 176 Å². The number of carbonyl (C=O) groups is 2. The number of hydrogen-bond acceptors (Lipinski definition) is 5. The summed E-state index contributed by atoms with van der Waals surface area (Å²) in [4.78, 5) is 39.6. The summed E-state index contributed by atoms with van der Waals surface area (Å²) < 4.78 is 33.8. The number of aryl methyl sites for hydroxylation is 1. The van der Waals surface area contributed by atoms with Crippen molar-refractivity contribution in [2.45, 2.75) is 37.3 Å². The van der Waals surface area contributed by atoms with E-state index in [1.165, 1.54) is 21.7 Å². The molecule has 1 saturated carbocycles. The molecular weight excluding hydrogens is 410 g/mol. The predicted octanol–water partition coefficient (Wildman–Crippen LogP) is 2.24. The summed E-state index contributed by atoms with van der Waals surface area (Å²) >= 11 is 0. The van der Waals surface area contributed by atoms with E-state index < -0.39 is 40.0 Å². The number of hydrogen-bond donors (Lipinski definition) is 1. The number of likely N-dealkylation sites (N-methyl/N-ethyl adjacent to an activating group) is 1. The third-order valence-electron chi connectivity index (χ3n) is 6.26. The molecule has 1 amide bonds. The van der Waals surface area contributed by atoms with E-state index in [4.69, 9.17) is 4.74 Å². The third kappa shape index (κ3) is 3.42. The molecule has 9 heteroatoms. The number of rotatable bonds is 5. The topological polar surface area (TPSA) is 88.8 Å². The highest BCUT2D eigenvalue weighted by molar-refractivity contribution is 6.00. The van der Waals surface area contributed by atoms with Gasteiger partial charge in [0.25, 0.3) is 5.91 Å². The average Bonchev–Trinajstić information content (AvgIpc) is 2.70. The van der Waals surface area contributed by atoms with Gasteiger partial charge in [-0.2, -0.15) is 0 Å². The maximum atomic E-state index is 13.9. The molecule has 1 aromatic heterocycles. The van der Waals surface area contributed by atoms with Crippen molar-refractivity contribution in [1.82, 2.24) is 9.47 Å². The van der Waals surface area contributed by atoms with Gasteiger partial charge in [0.1, 0.15) is 11.6 Å². The van der Waals surface area contributed by atoms with E-state index in [0.717, 1.165) is 12.1 Å². The van der Waals surface area contributed by atoms with Crippen molar-refractivity contribution in [3.63, 3.8) is 0 Å². The lowest BCUT2D eigenvalue weighted by Gasteiger charge is -2.53. The molecule has 0 radical (unpaired) electrons. The van der Waals surface area contributed by atoms with Gasteiger partial charge in [0, 0.05) is 39.4 Å². The van der Waals surface area contributed by atoms with Crippen LogP contribution in [0.4, 0.5) is 8.78 Å². The van der Waals surface area contributed by atoms with Crippen molar-refractivity contribution in [1.29, 1.82) is 0 Å². The summed E-state index contributed by atoms with van der Waals surface area (Å²) in [5.41, 5.74) is -1.78. The van der Waals surface area contributed by atoms with Crippen molar-refractivity contribution < 1.29 is 28.2 Å². The second kappa shape index (κ2) is 7.56. The van der Waals surface area contributed by atoms with Crippen LogP contribution in [0.1, 0.15) is 45.7 Å². The van der Waals surface area contributed by atoms with Gasteiger partial charge in [-0.3, -0.25) is 14.4 Å². The number of Topliss-reactive ketones (excluding diaryl/α,β-unsaturated/α-hetero) is 1. The summed E-state index contributed by atoms with van der Waals surface area (Å²) in [6.45, 7) is 0.357. The van der Waals surface area contributed by atoms with E-state index in [1.54, 1.807) is 14.2 Å². The van der Waals surface area contributed by atoms with Crippen molar-refractivity contribution in [3.05, 3.63) is 63.1 Å². The second-order valence-corrected chi connectivity index (χ2v) is 8.25. The monoisotopic (exact) mass is 432 g/mol. The van der Waals surface area contributed by atoms with E-state index in [9.17, 15) is 28.3 Å². The zero-order valence-electron chi connectivity index (χ0n) is 17.2. The second-order valence-electron chi connectivity index (χ2n) is 8.25. The van der Waals surface area contributed by atoms with E-state index in [2.05, 4.69) is 0 Å². The molecule has 1 spiro atoms. The minimum Gasteiger partial charge on any atom is -0.503 e. The van der Waals surface area contributed by atoms with E-state index in [1.807, 2.05) is 0 Å². The summed E-state index contributed by atoms with van der Waals surface area (Å²) in [6.07, 6.45) is 2.17. The maximum absolute atomic E-state index is 13.9. The molecule has 2 aromatic rings. The molecule has 1 aliphatic heterocycles. The van der Waals surface area contributed by atoms with Gasteiger partial charge < -0.3 is 19.3 Å². The lowest BCUT2D eigenvalue weighted by atomic mass is 9.72. The van der Waals surface area contributed by atoms with Crippen LogP contribution in [0.3, 0.4) is 0 Å². The van der Waals surface area contributed by atoms with Crippen LogP contribution in [0, 0.1) is 11.6 Å². The van der Waals surface area contributed by atoms with E-state index in [-0.39, 0.29) is 35.8 Å². The molecule has 0 atom stereocenters. The van der Waals surface area contributed by atoms with Crippen LogP contribution >= 0.6 is 0 Å². The van der Waals surface area contributed by atoms with Crippen molar-refractivity contribution in [2.75, 3.05) is 20.7 Å². The number of ketones is 1. The number of aromatic nitrogens is 1. The Morgan fingerprint density at radius 3 is 2.65 bits per heavy atom. The summed E-state index contributed by atoms with van der Waals surface area (Å²) in [5.74, 6) is -3.36. The Kier molecular flexibility index (Phi) is 5.17. The number of aromatic hydroxyl groups is 1. The lowest BCUT2D eigenvalue weighted by molar-refractivity contribution is -0.0673. The van der Waals surface area contributed by atoms with Crippen molar-refractivity contribution >= 4 is 11.7 Å². The average molecular weight is 432 g/mol. The Hall–Kier alpha value is -3.07. The quantitative estimate of drug-likeness (QED) is 0.732. The molecule has 0 saturated heterocycles. The van der Waals surface area contributed by atoms with Gasteiger partial charge in [0.2, 0.25) is 5.43 Å². The zero-order valence-corrected chi connectivity index (χ0v) is 17.2. The van der Waals surface area contributed by atoms with Gasteiger partial charge in [0.05, 0.1) is 17.2 Å². The van der Waals surface area contributed by atoms with E-state index >= 15 is 0 Å². The highest BCUT2D eigenvalue weighted by Crippen LogP contribution is 2.45. The molecule has 0 unspecified atom stereocenters. The van der Waals surface area contributed by atoms with Gasteiger partial charge >= 0.3 is 0 Å².